The zero-order chi connectivity index (χ0) is 13.2. The summed E-state index contributed by atoms with van der Waals surface area (Å²) in [7, 11) is 1.71. The van der Waals surface area contributed by atoms with Crippen LogP contribution in [-0.2, 0) is 0 Å². The fourth-order valence-corrected chi connectivity index (χ4v) is 2.68. The molecule has 1 N–H and O–H groups in total. The Bertz CT molecular complexity index is 383. The third-order valence-corrected chi connectivity index (χ3v) is 4.08. The molecule has 0 bridgehead atoms. The molecule has 2 heteroatoms. The van der Waals surface area contributed by atoms with Crippen LogP contribution in [0.15, 0.2) is 24.3 Å². The summed E-state index contributed by atoms with van der Waals surface area (Å²) in [5.41, 5.74) is 1.88. The topological polar surface area (TPSA) is 21.3 Å². The number of ether oxygens (including phenoxy) is 1. The van der Waals surface area contributed by atoms with E-state index >= 15 is 0 Å². The highest BCUT2D eigenvalue weighted by Gasteiger charge is 2.50. The van der Waals surface area contributed by atoms with Gasteiger partial charge < -0.3 is 10.1 Å². The van der Waals surface area contributed by atoms with Gasteiger partial charge in [0.1, 0.15) is 5.75 Å². The van der Waals surface area contributed by atoms with Crippen molar-refractivity contribution in [1.29, 1.82) is 0 Å². The molecule has 0 heterocycles. The largest absolute Gasteiger partial charge is 0.497 e. The Morgan fingerprint density at radius 2 is 1.94 bits per heavy atom. The van der Waals surface area contributed by atoms with Gasteiger partial charge in [-0.25, -0.2) is 0 Å². The van der Waals surface area contributed by atoms with E-state index in [2.05, 4.69) is 50.4 Å². The molecule has 1 aromatic rings. The van der Waals surface area contributed by atoms with Gasteiger partial charge in [0.15, 0.2) is 0 Å². The average molecular weight is 247 g/mol. The van der Waals surface area contributed by atoms with Gasteiger partial charge in [-0.15, -0.1) is 0 Å². The number of hydrogen-bond donors (Lipinski definition) is 1. The fourth-order valence-electron chi connectivity index (χ4n) is 2.68. The van der Waals surface area contributed by atoms with E-state index in [1.807, 2.05) is 0 Å². The lowest BCUT2D eigenvalue weighted by molar-refractivity contribution is 0.408. The molecule has 0 aromatic heterocycles. The lowest BCUT2D eigenvalue weighted by Gasteiger charge is -2.21. The lowest BCUT2D eigenvalue weighted by atomic mass is 9.97. The maximum Gasteiger partial charge on any atom is 0.118 e. The van der Waals surface area contributed by atoms with Crippen molar-refractivity contribution in [2.75, 3.05) is 13.7 Å². The van der Waals surface area contributed by atoms with Gasteiger partial charge in [-0.1, -0.05) is 32.9 Å². The van der Waals surface area contributed by atoms with Crippen molar-refractivity contribution in [1.82, 2.24) is 5.32 Å². The van der Waals surface area contributed by atoms with Gasteiger partial charge in [-0.2, -0.15) is 0 Å². The molecule has 0 saturated heterocycles. The number of methoxy groups -OCH3 is 1. The molecule has 1 fully saturated rings. The molecule has 1 aromatic carbocycles. The highest BCUT2D eigenvalue weighted by atomic mass is 16.5. The van der Waals surface area contributed by atoms with E-state index in [0.29, 0.717) is 11.5 Å². The van der Waals surface area contributed by atoms with Gasteiger partial charge >= 0.3 is 0 Å². The minimum Gasteiger partial charge on any atom is -0.497 e. The van der Waals surface area contributed by atoms with Gasteiger partial charge in [0.2, 0.25) is 0 Å². The first-order chi connectivity index (χ1) is 8.58. The van der Waals surface area contributed by atoms with Crippen LogP contribution in [0.2, 0.25) is 0 Å². The average Bonchev–Trinajstić information content (AvgIpc) is 2.99. The molecule has 1 saturated carbocycles. The van der Waals surface area contributed by atoms with E-state index in [-0.39, 0.29) is 0 Å². The molecule has 100 valence electrons. The Kier molecular flexibility index (Phi) is 3.96. The van der Waals surface area contributed by atoms with Gasteiger partial charge in [-0.05, 0) is 48.4 Å². The molecule has 1 aliphatic rings. The zero-order valence-corrected chi connectivity index (χ0v) is 12.0. The van der Waals surface area contributed by atoms with Crippen LogP contribution in [-0.4, -0.2) is 13.7 Å². The number of nitrogens with one attached hydrogen (secondary N) is 1. The molecule has 0 radical (unpaired) electrons. The summed E-state index contributed by atoms with van der Waals surface area (Å²) in [5.74, 6) is 1.69. The molecule has 0 aliphatic heterocycles. The van der Waals surface area contributed by atoms with Crippen molar-refractivity contribution < 1.29 is 4.74 Å². The highest BCUT2D eigenvalue weighted by molar-refractivity contribution is 5.30. The summed E-state index contributed by atoms with van der Waals surface area (Å²) in [6, 6.07) is 9.00. The second kappa shape index (κ2) is 5.31. The maximum atomic E-state index is 5.23. The Hall–Kier alpha value is -1.02. The zero-order valence-electron chi connectivity index (χ0n) is 12.0. The summed E-state index contributed by atoms with van der Waals surface area (Å²) in [6.07, 6.45) is 2.50. The first-order valence-corrected chi connectivity index (χ1v) is 6.96. The smallest absolute Gasteiger partial charge is 0.118 e. The third-order valence-electron chi connectivity index (χ3n) is 4.08. The maximum absolute atomic E-state index is 5.23. The summed E-state index contributed by atoms with van der Waals surface area (Å²) in [6.45, 7) is 8.03. The van der Waals surface area contributed by atoms with Crippen LogP contribution in [0.4, 0.5) is 0 Å². The number of benzene rings is 1. The van der Waals surface area contributed by atoms with E-state index in [0.717, 1.165) is 18.2 Å². The van der Waals surface area contributed by atoms with Crippen LogP contribution in [0, 0.1) is 11.3 Å². The Morgan fingerprint density at radius 3 is 2.39 bits per heavy atom. The van der Waals surface area contributed by atoms with E-state index in [1.54, 1.807) is 7.11 Å². The van der Waals surface area contributed by atoms with Crippen molar-refractivity contribution in [3.63, 3.8) is 0 Å². The minimum atomic E-state index is 0.491. The van der Waals surface area contributed by atoms with Gasteiger partial charge in [0.05, 0.1) is 7.11 Å². The molecule has 0 spiro atoms. The molecule has 2 atom stereocenters. The second-order valence-corrected chi connectivity index (χ2v) is 6.00. The standard InChI is InChI=1S/C16H25NO/c1-5-10-17-15(14-11-16(14,2)3)12-6-8-13(18-4)9-7-12/h6-9,14-15,17H,5,10-11H2,1-4H3. The summed E-state index contributed by atoms with van der Waals surface area (Å²) >= 11 is 0. The van der Waals surface area contributed by atoms with Crippen molar-refractivity contribution in [3.8, 4) is 5.75 Å². The van der Waals surface area contributed by atoms with Crippen LogP contribution in [0.3, 0.4) is 0 Å². The Balaban J connectivity index is 2.12. The van der Waals surface area contributed by atoms with Crippen molar-refractivity contribution >= 4 is 0 Å². The first kappa shape index (κ1) is 13.4. The van der Waals surface area contributed by atoms with E-state index < -0.39 is 0 Å². The Morgan fingerprint density at radius 1 is 1.33 bits per heavy atom. The Labute approximate surface area is 111 Å². The molecule has 2 rings (SSSR count). The normalized spacial score (nSPS) is 22.6. The SMILES string of the molecule is CCCNC(c1ccc(OC)cc1)C1CC1(C)C. The molecule has 2 unspecified atom stereocenters. The van der Waals surface area contributed by atoms with Crippen LogP contribution in [0.25, 0.3) is 0 Å². The van der Waals surface area contributed by atoms with Crippen molar-refractivity contribution in [3.05, 3.63) is 29.8 Å². The summed E-state index contributed by atoms with van der Waals surface area (Å²) in [5, 5.41) is 3.70. The van der Waals surface area contributed by atoms with Crippen molar-refractivity contribution in [2.24, 2.45) is 11.3 Å². The molecule has 18 heavy (non-hydrogen) atoms. The second-order valence-electron chi connectivity index (χ2n) is 6.00. The van der Waals surface area contributed by atoms with Crippen LogP contribution >= 0.6 is 0 Å². The quantitative estimate of drug-likeness (QED) is 0.826. The van der Waals surface area contributed by atoms with Crippen LogP contribution in [0.1, 0.15) is 45.2 Å². The highest BCUT2D eigenvalue weighted by Crippen LogP contribution is 2.57. The monoisotopic (exact) mass is 247 g/mol. The summed E-state index contributed by atoms with van der Waals surface area (Å²) < 4.78 is 5.23. The van der Waals surface area contributed by atoms with E-state index in [9.17, 15) is 0 Å². The van der Waals surface area contributed by atoms with Gasteiger partial charge in [0.25, 0.3) is 0 Å². The molecular formula is C16H25NO. The minimum absolute atomic E-state index is 0.491. The molecule has 1 aliphatic carbocycles. The van der Waals surface area contributed by atoms with E-state index in [4.69, 9.17) is 4.74 Å². The fraction of sp³-hybridized carbons (Fsp3) is 0.625. The van der Waals surface area contributed by atoms with Crippen LogP contribution < -0.4 is 10.1 Å². The van der Waals surface area contributed by atoms with Crippen LogP contribution in [0.5, 0.6) is 5.75 Å². The molecule has 2 nitrogen and oxygen atoms in total. The molecular weight excluding hydrogens is 222 g/mol. The number of hydrogen-bond acceptors (Lipinski definition) is 2. The summed E-state index contributed by atoms with van der Waals surface area (Å²) in [4.78, 5) is 0. The lowest BCUT2D eigenvalue weighted by Crippen LogP contribution is -2.25. The first-order valence-electron chi connectivity index (χ1n) is 6.96. The number of rotatable bonds is 6. The predicted molar refractivity (Wildman–Crippen MR) is 75.9 cm³/mol. The van der Waals surface area contributed by atoms with Crippen molar-refractivity contribution in [2.45, 2.75) is 39.7 Å². The van der Waals surface area contributed by atoms with E-state index in [1.165, 1.54) is 18.4 Å². The molecule has 0 amide bonds. The predicted octanol–water partition coefficient (Wildman–Crippen LogP) is 3.78. The van der Waals surface area contributed by atoms with Gasteiger partial charge in [0, 0.05) is 6.04 Å². The van der Waals surface area contributed by atoms with Gasteiger partial charge in [-0.3, -0.25) is 0 Å². The third kappa shape index (κ3) is 2.86.